The second kappa shape index (κ2) is 7.13. The van der Waals surface area contributed by atoms with E-state index in [-0.39, 0.29) is 15.9 Å². The average molecular weight is 368 g/mol. The monoisotopic (exact) mass is 368 g/mol. The van der Waals surface area contributed by atoms with E-state index in [1.54, 1.807) is 12.1 Å². The largest absolute Gasteiger partial charge is 0.488 e. The Kier molecular flexibility index (Phi) is 5.12. The molecule has 0 spiro atoms. The third-order valence-corrected chi connectivity index (χ3v) is 5.98. The van der Waals surface area contributed by atoms with Crippen LogP contribution < -0.4 is 4.74 Å². The van der Waals surface area contributed by atoms with Gasteiger partial charge in [0.15, 0.2) is 0 Å². The molecule has 1 aliphatic rings. The first-order valence-electron chi connectivity index (χ1n) is 7.46. The minimum atomic E-state index is -3.78. The predicted octanol–water partition coefficient (Wildman–Crippen LogP) is 3.65. The van der Waals surface area contributed by atoms with Crippen molar-refractivity contribution >= 4 is 21.9 Å². The van der Waals surface area contributed by atoms with Gasteiger partial charge < -0.3 is 8.92 Å². The summed E-state index contributed by atoms with van der Waals surface area (Å²) < 4.78 is 49.9. The Labute approximate surface area is 145 Å². The van der Waals surface area contributed by atoms with E-state index in [1.807, 2.05) is 6.26 Å². The van der Waals surface area contributed by atoms with Gasteiger partial charge in [0, 0.05) is 6.26 Å². The minimum Gasteiger partial charge on any atom is -0.488 e. The molecule has 0 saturated heterocycles. The molecule has 7 heteroatoms. The van der Waals surface area contributed by atoms with Gasteiger partial charge in [-0.2, -0.15) is 0 Å². The molecule has 1 atom stereocenters. The van der Waals surface area contributed by atoms with Crippen LogP contribution in [0.2, 0.25) is 0 Å². The third-order valence-electron chi connectivity index (χ3n) is 3.86. The molecule has 3 rings (SSSR count). The molecule has 4 nitrogen and oxygen atoms in total. The number of hydrogen-bond acceptors (Lipinski definition) is 5. The van der Waals surface area contributed by atoms with Crippen molar-refractivity contribution in [2.75, 3.05) is 12.9 Å². The Morgan fingerprint density at radius 1 is 1.25 bits per heavy atom. The first-order valence-corrected chi connectivity index (χ1v) is 10.1. The predicted molar refractivity (Wildman–Crippen MR) is 90.5 cm³/mol. The Morgan fingerprint density at radius 3 is 2.79 bits per heavy atom. The van der Waals surface area contributed by atoms with Crippen LogP contribution in [0.3, 0.4) is 0 Å². The molecule has 0 bridgehead atoms. The Hall–Kier alpha value is -1.57. The molecular weight excluding hydrogens is 351 g/mol. The third kappa shape index (κ3) is 3.58. The lowest BCUT2D eigenvalue weighted by Crippen LogP contribution is -2.26. The lowest BCUT2D eigenvalue weighted by Gasteiger charge is -2.26. The van der Waals surface area contributed by atoms with Gasteiger partial charge >= 0.3 is 0 Å². The zero-order chi connectivity index (χ0) is 17.2. The fraction of sp³-hybridized carbons (Fsp3) is 0.294. The summed E-state index contributed by atoms with van der Waals surface area (Å²) in [4.78, 5) is 0.0267. The number of benzene rings is 2. The van der Waals surface area contributed by atoms with E-state index >= 15 is 0 Å². The molecule has 128 valence electrons. The number of fused-ring (bicyclic) bond motifs is 1. The van der Waals surface area contributed by atoms with Crippen molar-refractivity contribution in [1.82, 2.24) is 0 Å². The number of hydrogen-bond donors (Lipinski definition) is 0. The summed E-state index contributed by atoms with van der Waals surface area (Å²) in [6.07, 6.45) is 3.36. The molecule has 2 aromatic rings. The number of ether oxygens (including phenoxy) is 1. The van der Waals surface area contributed by atoms with Crippen molar-refractivity contribution in [2.45, 2.75) is 28.7 Å². The molecule has 0 radical (unpaired) electrons. The van der Waals surface area contributed by atoms with E-state index < -0.39 is 15.7 Å². The second-order valence-corrected chi connectivity index (χ2v) is 7.98. The van der Waals surface area contributed by atoms with Crippen molar-refractivity contribution in [2.24, 2.45) is 0 Å². The average Bonchev–Trinajstić information content (AvgIpc) is 2.59. The number of rotatable bonds is 5. The summed E-state index contributed by atoms with van der Waals surface area (Å²) >= 11 is 1.27. The fourth-order valence-electron chi connectivity index (χ4n) is 2.60. The van der Waals surface area contributed by atoms with E-state index in [0.29, 0.717) is 12.4 Å². The SMILES string of the molecule is CSOC[C@H]1CCc2ccc(S(=O)(=O)c3cccc(F)c3)cc2O1. The van der Waals surface area contributed by atoms with Gasteiger partial charge in [0.1, 0.15) is 17.7 Å². The van der Waals surface area contributed by atoms with Crippen molar-refractivity contribution in [3.05, 3.63) is 53.8 Å². The van der Waals surface area contributed by atoms with Gasteiger partial charge in [0.05, 0.1) is 16.4 Å². The van der Waals surface area contributed by atoms with E-state index in [1.165, 1.54) is 36.3 Å². The Morgan fingerprint density at radius 2 is 2.04 bits per heavy atom. The maximum absolute atomic E-state index is 13.4. The molecule has 0 unspecified atom stereocenters. The summed E-state index contributed by atoms with van der Waals surface area (Å²) in [6.45, 7) is 0.446. The molecule has 0 N–H and O–H groups in total. The van der Waals surface area contributed by atoms with E-state index in [0.717, 1.165) is 24.5 Å². The van der Waals surface area contributed by atoms with Gasteiger partial charge in [-0.15, -0.1) is 0 Å². The van der Waals surface area contributed by atoms with Crippen LogP contribution in [0.1, 0.15) is 12.0 Å². The maximum atomic E-state index is 13.4. The highest BCUT2D eigenvalue weighted by Gasteiger charge is 2.24. The lowest BCUT2D eigenvalue weighted by atomic mass is 10.0. The van der Waals surface area contributed by atoms with Gasteiger partial charge in [-0.1, -0.05) is 12.1 Å². The number of aryl methyl sites for hydroxylation is 1. The highest BCUT2D eigenvalue weighted by Crippen LogP contribution is 2.32. The smallest absolute Gasteiger partial charge is 0.206 e. The first-order chi connectivity index (χ1) is 11.5. The van der Waals surface area contributed by atoms with Crippen LogP contribution in [0.4, 0.5) is 4.39 Å². The summed E-state index contributed by atoms with van der Waals surface area (Å²) in [6, 6.07) is 9.81. The molecule has 0 amide bonds. The second-order valence-electron chi connectivity index (χ2n) is 5.46. The van der Waals surface area contributed by atoms with Crippen LogP contribution >= 0.6 is 12.0 Å². The fourth-order valence-corrected chi connectivity index (χ4v) is 4.20. The van der Waals surface area contributed by atoms with E-state index in [9.17, 15) is 12.8 Å². The molecule has 1 heterocycles. The maximum Gasteiger partial charge on any atom is 0.206 e. The van der Waals surface area contributed by atoms with Crippen LogP contribution in [-0.2, 0) is 20.4 Å². The molecule has 0 fully saturated rings. The van der Waals surface area contributed by atoms with Gasteiger partial charge in [-0.05, 0) is 60.8 Å². The van der Waals surface area contributed by atoms with Gasteiger partial charge in [0.25, 0.3) is 0 Å². The van der Waals surface area contributed by atoms with Crippen LogP contribution in [0.5, 0.6) is 5.75 Å². The number of sulfone groups is 1. The van der Waals surface area contributed by atoms with Crippen molar-refractivity contribution < 1.29 is 21.7 Å². The standard InChI is InChI=1S/C17H17FO4S2/c1-23-21-11-14-7-5-12-6-8-16(10-17(12)22-14)24(19,20)15-4-2-3-13(18)9-15/h2-4,6,8-10,14H,5,7,11H2,1H3/t14-/m1/s1. The molecule has 0 aromatic heterocycles. The summed E-state index contributed by atoms with van der Waals surface area (Å²) in [5, 5.41) is 0. The molecular formula is C17H17FO4S2. The quantitative estimate of drug-likeness (QED) is 0.754. The van der Waals surface area contributed by atoms with Crippen molar-refractivity contribution in [3.63, 3.8) is 0 Å². The normalized spacial score (nSPS) is 17.2. The topological polar surface area (TPSA) is 52.6 Å². The Balaban J connectivity index is 1.91. The highest BCUT2D eigenvalue weighted by molar-refractivity contribution is 7.93. The summed E-state index contributed by atoms with van der Waals surface area (Å²) in [7, 11) is -3.78. The van der Waals surface area contributed by atoms with E-state index in [2.05, 4.69) is 0 Å². The molecule has 1 aliphatic heterocycles. The lowest BCUT2D eigenvalue weighted by molar-refractivity contribution is 0.120. The minimum absolute atomic E-state index is 0.0690. The molecule has 0 saturated carbocycles. The van der Waals surface area contributed by atoms with Gasteiger partial charge in [0.2, 0.25) is 9.84 Å². The molecule has 24 heavy (non-hydrogen) atoms. The summed E-state index contributed by atoms with van der Waals surface area (Å²) in [5.41, 5.74) is 0.966. The van der Waals surface area contributed by atoms with Gasteiger partial charge in [-0.25, -0.2) is 12.8 Å². The zero-order valence-electron chi connectivity index (χ0n) is 13.1. The zero-order valence-corrected chi connectivity index (χ0v) is 14.7. The Bertz CT molecular complexity index is 836. The van der Waals surface area contributed by atoms with Crippen LogP contribution in [0.15, 0.2) is 52.3 Å². The first kappa shape index (κ1) is 17.3. The van der Waals surface area contributed by atoms with Crippen molar-refractivity contribution in [1.29, 1.82) is 0 Å². The number of halogens is 1. The summed E-state index contributed by atoms with van der Waals surface area (Å²) in [5.74, 6) is -0.0343. The van der Waals surface area contributed by atoms with Crippen molar-refractivity contribution in [3.8, 4) is 5.75 Å². The van der Waals surface area contributed by atoms with Gasteiger partial charge in [-0.3, -0.25) is 0 Å². The molecule has 2 aromatic carbocycles. The van der Waals surface area contributed by atoms with Crippen LogP contribution in [0.25, 0.3) is 0 Å². The molecule has 0 aliphatic carbocycles. The highest BCUT2D eigenvalue weighted by atomic mass is 32.2. The van der Waals surface area contributed by atoms with E-state index in [4.69, 9.17) is 8.92 Å². The van der Waals surface area contributed by atoms with Crippen LogP contribution in [-0.4, -0.2) is 27.4 Å². The van der Waals surface area contributed by atoms with Crippen LogP contribution in [0, 0.1) is 5.82 Å².